The summed E-state index contributed by atoms with van der Waals surface area (Å²) in [4.78, 5) is 2.31. The summed E-state index contributed by atoms with van der Waals surface area (Å²) in [5.74, 6) is 0. The van der Waals surface area contributed by atoms with Gasteiger partial charge in [-0.25, -0.2) is 0 Å². The topological polar surface area (TPSA) is 30.3 Å². The van der Waals surface area contributed by atoms with Crippen LogP contribution in [0.15, 0.2) is 12.4 Å². The molecular weight excluding hydrogens is 190 g/mol. The highest BCUT2D eigenvalue weighted by molar-refractivity contribution is 5.11. The van der Waals surface area contributed by atoms with Crippen molar-refractivity contribution in [2.45, 2.75) is 25.0 Å². The van der Waals surface area contributed by atoms with Gasteiger partial charge in [-0.3, -0.25) is 4.68 Å². The normalized spacial score (nSPS) is 28.2. The third kappa shape index (κ3) is 1.92. The van der Waals surface area contributed by atoms with E-state index in [0.29, 0.717) is 6.04 Å². The summed E-state index contributed by atoms with van der Waals surface area (Å²) < 4.78 is 7.84. The Hall–Kier alpha value is -0.870. The lowest BCUT2D eigenvalue weighted by Gasteiger charge is -2.29. The Balaban J connectivity index is 1.73. The van der Waals surface area contributed by atoms with Crippen LogP contribution in [0.1, 0.15) is 30.6 Å². The Morgan fingerprint density at radius 1 is 1.47 bits per heavy atom. The van der Waals surface area contributed by atoms with Gasteiger partial charge in [-0.2, -0.15) is 5.10 Å². The van der Waals surface area contributed by atoms with E-state index in [1.807, 2.05) is 6.20 Å². The fourth-order valence-electron chi connectivity index (χ4n) is 2.04. The minimum absolute atomic E-state index is 0.219. The van der Waals surface area contributed by atoms with E-state index >= 15 is 0 Å². The molecule has 1 atom stereocenters. The zero-order valence-corrected chi connectivity index (χ0v) is 9.09. The molecule has 1 unspecified atom stereocenters. The molecule has 4 nitrogen and oxygen atoms in total. The smallest absolute Gasteiger partial charge is 0.0982 e. The van der Waals surface area contributed by atoms with Crippen LogP contribution in [0.5, 0.6) is 0 Å². The zero-order chi connectivity index (χ0) is 10.3. The Morgan fingerprint density at radius 2 is 2.33 bits per heavy atom. The van der Waals surface area contributed by atoms with Crippen LogP contribution < -0.4 is 0 Å². The van der Waals surface area contributed by atoms with E-state index in [4.69, 9.17) is 4.74 Å². The van der Waals surface area contributed by atoms with Crippen LogP contribution in [0.25, 0.3) is 0 Å². The summed E-state index contributed by atoms with van der Waals surface area (Å²) in [6.45, 7) is 2.85. The zero-order valence-electron chi connectivity index (χ0n) is 9.09. The van der Waals surface area contributed by atoms with Crippen molar-refractivity contribution in [2.75, 3.05) is 26.7 Å². The standard InChI is InChI=1S/C11H17N3O/c1-13-4-5-15-11(8-13)9-6-12-14(7-9)10-2-3-10/h6-7,10-11H,2-5,8H2,1H3. The summed E-state index contributed by atoms with van der Waals surface area (Å²) >= 11 is 0. The second kappa shape index (κ2) is 3.61. The number of nitrogens with zero attached hydrogens (tertiary/aromatic N) is 3. The van der Waals surface area contributed by atoms with Crippen LogP contribution in [-0.4, -0.2) is 41.4 Å². The van der Waals surface area contributed by atoms with E-state index in [-0.39, 0.29) is 6.10 Å². The number of ether oxygens (including phenoxy) is 1. The van der Waals surface area contributed by atoms with Gasteiger partial charge in [0.2, 0.25) is 0 Å². The van der Waals surface area contributed by atoms with Crippen LogP contribution in [0.2, 0.25) is 0 Å². The molecule has 1 saturated heterocycles. The van der Waals surface area contributed by atoms with Crippen molar-refractivity contribution in [3.05, 3.63) is 18.0 Å². The van der Waals surface area contributed by atoms with Gasteiger partial charge in [-0.15, -0.1) is 0 Å². The highest BCUT2D eigenvalue weighted by atomic mass is 16.5. The fraction of sp³-hybridized carbons (Fsp3) is 0.727. The minimum Gasteiger partial charge on any atom is -0.371 e. The molecule has 2 heterocycles. The maximum absolute atomic E-state index is 5.75. The SMILES string of the molecule is CN1CCOC(c2cnn(C3CC3)c2)C1. The van der Waals surface area contributed by atoms with E-state index < -0.39 is 0 Å². The number of aromatic nitrogens is 2. The van der Waals surface area contributed by atoms with Gasteiger partial charge in [-0.05, 0) is 19.9 Å². The first-order valence-electron chi connectivity index (χ1n) is 5.67. The molecule has 1 aromatic rings. The van der Waals surface area contributed by atoms with Gasteiger partial charge in [0.25, 0.3) is 0 Å². The van der Waals surface area contributed by atoms with E-state index in [9.17, 15) is 0 Å². The summed E-state index contributed by atoms with van der Waals surface area (Å²) in [5.41, 5.74) is 1.23. The second-order valence-corrected chi connectivity index (χ2v) is 4.61. The lowest BCUT2D eigenvalue weighted by atomic mass is 10.2. The van der Waals surface area contributed by atoms with Crippen molar-refractivity contribution < 1.29 is 4.74 Å². The molecule has 1 saturated carbocycles. The Bertz CT molecular complexity index is 345. The largest absolute Gasteiger partial charge is 0.371 e. The molecule has 4 heteroatoms. The molecule has 3 rings (SSSR count). The van der Waals surface area contributed by atoms with Gasteiger partial charge in [0, 0.05) is 24.8 Å². The molecule has 2 aliphatic rings. The predicted molar refractivity (Wildman–Crippen MR) is 56.7 cm³/mol. The van der Waals surface area contributed by atoms with Gasteiger partial charge in [0.05, 0.1) is 24.9 Å². The first-order chi connectivity index (χ1) is 7.33. The van der Waals surface area contributed by atoms with Crippen LogP contribution >= 0.6 is 0 Å². The average molecular weight is 207 g/mol. The average Bonchev–Trinajstić information content (AvgIpc) is 2.97. The number of hydrogen-bond donors (Lipinski definition) is 0. The highest BCUT2D eigenvalue weighted by Gasteiger charge is 2.26. The molecular formula is C11H17N3O. The molecule has 1 aromatic heterocycles. The maximum Gasteiger partial charge on any atom is 0.0982 e. The Kier molecular flexibility index (Phi) is 2.25. The van der Waals surface area contributed by atoms with Crippen LogP contribution in [0, 0.1) is 0 Å². The first kappa shape index (κ1) is 9.36. The Morgan fingerprint density at radius 3 is 3.07 bits per heavy atom. The second-order valence-electron chi connectivity index (χ2n) is 4.61. The number of rotatable bonds is 2. The molecule has 0 radical (unpaired) electrons. The minimum atomic E-state index is 0.219. The number of hydrogen-bond acceptors (Lipinski definition) is 3. The predicted octanol–water partition coefficient (Wildman–Crippen LogP) is 1.22. The van der Waals surface area contributed by atoms with Crippen molar-refractivity contribution in [2.24, 2.45) is 0 Å². The molecule has 0 N–H and O–H groups in total. The summed E-state index contributed by atoms with van der Waals surface area (Å²) in [7, 11) is 2.14. The molecule has 82 valence electrons. The van der Waals surface area contributed by atoms with E-state index in [1.165, 1.54) is 18.4 Å². The van der Waals surface area contributed by atoms with Gasteiger partial charge in [0.15, 0.2) is 0 Å². The van der Waals surface area contributed by atoms with Crippen molar-refractivity contribution >= 4 is 0 Å². The molecule has 1 aliphatic heterocycles. The van der Waals surface area contributed by atoms with Crippen molar-refractivity contribution in [3.63, 3.8) is 0 Å². The molecule has 2 fully saturated rings. The van der Waals surface area contributed by atoms with E-state index in [2.05, 4.69) is 27.9 Å². The van der Waals surface area contributed by atoms with Crippen molar-refractivity contribution in [1.82, 2.24) is 14.7 Å². The molecule has 15 heavy (non-hydrogen) atoms. The lowest BCUT2D eigenvalue weighted by molar-refractivity contribution is -0.0209. The first-order valence-corrected chi connectivity index (χ1v) is 5.67. The van der Waals surface area contributed by atoms with Gasteiger partial charge in [-0.1, -0.05) is 0 Å². The van der Waals surface area contributed by atoms with Gasteiger partial charge >= 0.3 is 0 Å². The van der Waals surface area contributed by atoms with Crippen LogP contribution in [0.4, 0.5) is 0 Å². The maximum atomic E-state index is 5.75. The third-order valence-corrected chi connectivity index (χ3v) is 3.18. The molecule has 0 spiro atoms. The molecule has 1 aliphatic carbocycles. The third-order valence-electron chi connectivity index (χ3n) is 3.18. The fourth-order valence-corrected chi connectivity index (χ4v) is 2.04. The highest BCUT2D eigenvalue weighted by Crippen LogP contribution is 2.35. The quantitative estimate of drug-likeness (QED) is 0.730. The summed E-state index contributed by atoms with van der Waals surface area (Å²) in [6.07, 6.45) is 6.90. The lowest BCUT2D eigenvalue weighted by Crippen LogP contribution is -2.35. The van der Waals surface area contributed by atoms with Crippen LogP contribution in [0.3, 0.4) is 0 Å². The van der Waals surface area contributed by atoms with Crippen LogP contribution in [-0.2, 0) is 4.74 Å². The molecule has 0 aromatic carbocycles. The number of likely N-dealkylation sites (N-methyl/N-ethyl adjacent to an activating group) is 1. The van der Waals surface area contributed by atoms with Crippen molar-refractivity contribution in [3.8, 4) is 0 Å². The van der Waals surface area contributed by atoms with Gasteiger partial charge in [0.1, 0.15) is 0 Å². The monoisotopic (exact) mass is 207 g/mol. The summed E-state index contributed by atoms with van der Waals surface area (Å²) in [5, 5.41) is 4.40. The Labute approximate surface area is 89.8 Å². The number of morpholine rings is 1. The van der Waals surface area contributed by atoms with Crippen molar-refractivity contribution in [1.29, 1.82) is 0 Å². The van der Waals surface area contributed by atoms with Gasteiger partial charge < -0.3 is 9.64 Å². The molecule has 0 bridgehead atoms. The van der Waals surface area contributed by atoms with E-state index in [0.717, 1.165) is 19.7 Å². The van der Waals surface area contributed by atoms with E-state index in [1.54, 1.807) is 0 Å². The molecule has 0 amide bonds. The summed E-state index contributed by atoms with van der Waals surface area (Å²) in [6, 6.07) is 0.667.